The van der Waals surface area contributed by atoms with Gasteiger partial charge in [0, 0.05) is 5.56 Å². The van der Waals surface area contributed by atoms with Crippen molar-refractivity contribution in [3.63, 3.8) is 0 Å². The third kappa shape index (κ3) is 3.00. The van der Waals surface area contributed by atoms with Crippen molar-refractivity contribution in [3.05, 3.63) is 34.9 Å². The molecule has 0 fully saturated rings. The van der Waals surface area contributed by atoms with Crippen LogP contribution in [-0.2, 0) is 14.6 Å². The molecule has 0 radical (unpaired) electrons. The predicted octanol–water partition coefficient (Wildman–Crippen LogP) is 1.71. The Bertz CT molecular complexity index is 628. The van der Waals surface area contributed by atoms with Crippen LogP contribution < -0.4 is 0 Å². The molecule has 0 aliphatic carbocycles. The lowest BCUT2D eigenvalue weighted by atomic mass is 10.2. The largest absolute Gasteiger partial charge is 0.480 e. The number of hydrogen-bond acceptors (Lipinski definition) is 3. The quantitative estimate of drug-likeness (QED) is 0.522. The second kappa shape index (κ2) is 5.11. The first-order chi connectivity index (χ1) is 8.58. The summed E-state index contributed by atoms with van der Waals surface area (Å²) >= 11 is 0. The van der Waals surface area contributed by atoms with Gasteiger partial charge in [-0.15, -0.1) is 0 Å². The minimum absolute atomic E-state index is 0.183. The van der Waals surface area contributed by atoms with Gasteiger partial charge in [0.15, 0.2) is 38.9 Å². The van der Waals surface area contributed by atoms with Crippen molar-refractivity contribution >= 4 is 15.8 Å². The maximum Gasteiger partial charge on any atom is 0.318 e. The summed E-state index contributed by atoms with van der Waals surface area (Å²) in [5.74, 6) is -12.5. The molecule has 10 heteroatoms. The Balaban J connectivity index is 3.36. The molecule has 1 N–H and O–H groups in total. The molecule has 0 aliphatic rings. The van der Waals surface area contributed by atoms with Crippen molar-refractivity contribution in [2.45, 2.75) is 5.50 Å². The van der Waals surface area contributed by atoms with Crippen molar-refractivity contribution in [3.8, 4) is 0 Å². The molecule has 0 saturated carbocycles. The lowest BCUT2D eigenvalue weighted by Crippen LogP contribution is -2.21. The van der Waals surface area contributed by atoms with E-state index in [1.807, 2.05) is 0 Å². The Morgan fingerprint density at radius 1 is 1.16 bits per heavy atom. The van der Waals surface area contributed by atoms with E-state index in [1.165, 1.54) is 0 Å². The number of hydrogen-bond donors (Lipinski definition) is 1. The van der Waals surface area contributed by atoms with E-state index in [-0.39, 0.29) is 6.07 Å². The molecule has 19 heavy (non-hydrogen) atoms. The van der Waals surface area contributed by atoms with Crippen LogP contribution >= 0.6 is 0 Å². The highest BCUT2D eigenvalue weighted by Crippen LogP contribution is 2.30. The molecule has 0 heterocycles. The van der Waals surface area contributed by atoms with Crippen LogP contribution in [0.15, 0.2) is 6.07 Å². The van der Waals surface area contributed by atoms with E-state index in [0.717, 1.165) is 0 Å². The number of aliphatic carboxylic acids is 1. The van der Waals surface area contributed by atoms with Crippen LogP contribution in [0.5, 0.6) is 0 Å². The standard InChI is InChI=1S/C9H5F5O4S/c10-4-1-3(6(11)8(13)7(4)12)9(14)19(17,18)2-5(15)16/h1,9H,2H2,(H,15,16). The minimum Gasteiger partial charge on any atom is -0.480 e. The van der Waals surface area contributed by atoms with Crippen molar-refractivity contribution in [2.24, 2.45) is 0 Å². The summed E-state index contributed by atoms with van der Waals surface area (Å²) in [6.45, 7) is 0. The molecule has 0 amide bonds. The van der Waals surface area contributed by atoms with E-state index in [1.54, 1.807) is 0 Å². The first-order valence-electron chi connectivity index (χ1n) is 4.48. The van der Waals surface area contributed by atoms with Crippen LogP contribution in [0.4, 0.5) is 22.0 Å². The number of rotatable bonds is 4. The molecule has 4 nitrogen and oxygen atoms in total. The minimum atomic E-state index is -5.04. The average Bonchev–Trinajstić information content (AvgIpc) is 2.28. The van der Waals surface area contributed by atoms with Crippen molar-refractivity contribution in [1.82, 2.24) is 0 Å². The summed E-state index contributed by atoms with van der Waals surface area (Å²) in [5, 5.41) is 8.22. The third-order valence-corrected chi connectivity index (χ3v) is 3.55. The van der Waals surface area contributed by atoms with Crippen LogP contribution in [-0.4, -0.2) is 25.2 Å². The molecule has 0 aromatic heterocycles. The normalized spacial score (nSPS) is 13.3. The average molecular weight is 304 g/mol. The van der Waals surface area contributed by atoms with Gasteiger partial charge in [-0.25, -0.2) is 30.4 Å². The van der Waals surface area contributed by atoms with Crippen molar-refractivity contribution in [1.29, 1.82) is 0 Å². The van der Waals surface area contributed by atoms with Crippen LogP contribution in [0.25, 0.3) is 0 Å². The maximum atomic E-state index is 13.5. The summed E-state index contributed by atoms with van der Waals surface area (Å²) in [5.41, 5.74) is -4.95. The van der Waals surface area contributed by atoms with Crippen LogP contribution in [0.1, 0.15) is 11.1 Å². The first-order valence-corrected chi connectivity index (χ1v) is 6.19. The van der Waals surface area contributed by atoms with Gasteiger partial charge in [-0.1, -0.05) is 0 Å². The molecule has 0 saturated heterocycles. The number of sulfone groups is 1. The number of alkyl halides is 1. The van der Waals surface area contributed by atoms with E-state index in [4.69, 9.17) is 5.11 Å². The van der Waals surface area contributed by atoms with Gasteiger partial charge < -0.3 is 5.11 Å². The van der Waals surface area contributed by atoms with Crippen molar-refractivity contribution in [2.75, 3.05) is 5.75 Å². The molecular formula is C9H5F5O4S. The molecule has 1 aromatic carbocycles. The second-order valence-electron chi connectivity index (χ2n) is 3.41. The number of halogens is 5. The highest BCUT2D eigenvalue weighted by atomic mass is 32.2. The Kier molecular flexibility index (Phi) is 4.13. The van der Waals surface area contributed by atoms with E-state index >= 15 is 0 Å². The molecular weight excluding hydrogens is 299 g/mol. The predicted molar refractivity (Wildman–Crippen MR) is 51.5 cm³/mol. The Morgan fingerprint density at radius 2 is 1.68 bits per heavy atom. The number of benzene rings is 1. The van der Waals surface area contributed by atoms with Crippen LogP contribution in [0.2, 0.25) is 0 Å². The Labute approximate surface area is 103 Å². The fourth-order valence-corrected chi connectivity index (χ4v) is 2.24. The Morgan fingerprint density at radius 3 is 2.16 bits per heavy atom. The second-order valence-corrected chi connectivity index (χ2v) is 5.43. The summed E-state index contributed by atoms with van der Waals surface area (Å²) in [6.07, 6.45) is 0. The van der Waals surface area contributed by atoms with E-state index < -0.39 is 55.9 Å². The molecule has 1 aromatic rings. The van der Waals surface area contributed by atoms with Gasteiger partial charge in [-0.05, 0) is 6.07 Å². The zero-order chi connectivity index (χ0) is 15.0. The van der Waals surface area contributed by atoms with E-state index in [9.17, 15) is 35.2 Å². The Hall–Kier alpha value is -1.71. The highest BCUT2D eigenvalue weighted by Gasteiger charge is 2.34. The van der Waals surface area contributed by atoms with Gasteiger partial charge in [0.1, 0.15) is 0 Å². The first kappa shape index (κ1) is 15.3. The molecule has 0 aliphatic heterocycles. The molecule has 0 spiro atoms. The lowest BCUT2D eigenvalue weighted by Gasteiger charge is -2.10. The lowest BCUT2D eigenvalue weighted by molar-refractivity contribution is -0.134. The topological polar surface area (TPSA) is 71.4 Å². The smallest absolute Gasteiger partial charge is 0.318 e. The molecule has 106 valence electrons. The van der Waals surface area contributed by atoms with E-state index in [2.05, 4.69) is 0 Å². The monoisotopic (exact) mass is 304 g/mol. The molecule has 0 bridgehead atoms. The molecule has 1 unspecified atom stereocenters. The molecule has 1 atom stereocenters. The summed E-state index contributed by atoms with van der Waals surface area (Å²) in [7, 11) is -5.04. The highest BCUT2D eigenvalue weighted by molar-refractivity contribution is 7.92. The van der Waals surface area contributed by atoms with Crippen molar-refractivity contribution < 1.29 is 40.3 Å². The fourth-order valence-electron chi connectivity index (χ4n) is 1.20. The third-order valence-electron chi connectivity index (χ3n) is 2.02. The van der Waals surface area contributed by atoms with Crippen LogP contribution in [0.3, 0.4) is 0 Å². The van der Waals surface area contributed by atoms with Gasteiger partial charge in [0.2, 0.25) is 5.50 Å². The number of carboxylic acids is 1. The van der Waals surface area contributed by atoms with Gasteiger partial charge in [0.25, 0.3) is 0 Å². The number of carbonyl (C=O) groups is 1. The zero-order valence-electron chi connectivity index (χ0n) is 8.83. The summed E-state index contributed by atoms with van der Waals surface area (Å²) in [4.78, 5) is 10.2. The van der Waals surface area contributed by atoms with Crippen LogP contribution in [0, 0.1) is 23.3 Å². The van der Waals surface area contributed by atoms with Gasteiger partial charge in [0.05, 0.1) is 0 Å². The zero-order valence-corrected chi connectivity index (χ0v) is 9.65. The number of carboxylic acid groups (broad SMARTS) is 1. The van der Waals surface area contributed by atoms with Gasteiger partial charge in [-0.3, -0.25) is 4.79 Å². The summed E-state index contributed by atoms with van der Waals surface area (Å²) in [6, 6.07) is -0.183. The fraction of sp³-hybridized carbons (Fsp3) is 0.222. The SMILES string of the molecule is O=C(O)CS(=O)(=O)C(F)c1cc(F)c(F)c(F)c1F. The molecule has 1 rings (SSSR count). The van der Waals surface area contributed by atoms with Gasteiger partial charge in [-0.2, -0.15) is 0 Å². The van der Waals surface area contributed by atoms with E-state index in [0.29, 0.717) is 0 Å². The summed E-state index contributed by atoms with van der Waals surface area (Å²) < 4.78 is 87.0. The van der Waals surface area contributed by atoms with Gasteiger partial charge >= 0.3 is 5.97 Å². The maximum absolute atomic E-state index is 13.5.